The second kappa shape index (κ2) is 6.47. The van der Waals surface area contributed by atoms with Gasteiger partial charge in [-0.1, -0.05) is 42.5 Å². The number of hydrogen-bond acceptors (Lipinski definition) is 2. The fourth-order valence-corrected chi connectivity index (χ4v) is 4.08. The minimum Gasteiger partial charge on any atom is -0.367 e. The summed E-state index contributed by atoms with van der Waals surface area (Å²) in [5, 5.41) is 3.39. The molecule has 1 fully saturated rings. The molecule has 0 aliphatic carbocycles. The number of H-pyrrole nitrogens is 1. The summed E-state index contributed by atoms with van der Waals surface area (Å²) in [5.74, 6) is 0.131. The van der Waals surface area contributed by atoms with Gasteiger partial charge in [0.25, 0.3) is 5.91 Å². The van der Waals surface area contributed by atoms with Gasteiger partial charge < -0.3 is 14.8 Å². The van der Waals surface area contributed by atoms with Crippen LogP contribution >= 0.6 is 0 Å². The molecular formula is C23H21N3O. The van der Waals surface area contributed by atoms with Crippen molar-refractivity contribution in [1.29, 1.82) is 0 Å². The molecule has 0 unspecified atom stereocenters. The molecule has 0 radical (unpaired) electrons. The van der Waals surface area contributed by atoms with Gasteiger partial charge in [0.05, 0.1) is 0 Å². The fraction of sp³-hybridized carbons (Fsp3) is 0.174. The van der Waals surface area contributed by atoms with Crippen LogP contribution in [-0.2, 0) is 0 Å². The molecule has 0 saturated carbocycles. The van der Waals surface area contributed by atoms with Crippen LogP contribution in [-0.4, -0.2) is 42.0 Å². The Hall–Kier alpha value is -3.27. The molecule has 0 atom stereocenters. The number of benzene rings is 3. The van der Waals surface area contributed by atoms with E-state index >= 15 is 0 Å². The fourth-order valence-electron chi connectivity index (χ4n) is 4.08. The molecule has 1 amide bonds. The van der Waals surface area contributed by atoms with Gasteiger partial charge in [-0.3, -0.25) is 4.79 Å². The molecule has 27 heavy (non-hydrogen) atoms. The van der Waals surface area contributed by atoms with Crippen molar-refractivity contribution in [3.63, 3.8) is 0 Å². The summed E-state index contributed by atoms with van der Waals surface area (Å²) in [6.07, 6.45) is 1.98. The van der Waals surface area contributed by atoms with Crippen molar-refractivity contribution >= 4 is 33.3 Å². The molecule has 3 aromatic carbocycles. The summed E-state index contributed by atoms with van der Waals surface area (Å²) in [6.45, 7) is 3.17. The predicted molar refractivity (Wildman–Crippen MR) is 110 cm³/mol. The normalized spacial score (nSPS) is 14.8. The van der Waals surface area contributed by atoms with Gasteiger partial charge in [-0.25, -0.2) is 0 Å². The zero-order valence-electron chi connectivity index (χ0n) is 15.1. The second-order valence-electron chi connectivity index (χ2n) is 7.02. The first-order valence-electron chi connectivity index (χ1n) is 9.39. The third kappa shape index (κ3) is 2.74. The lowest BCUT2D eigenvalue weighted by Crippen LogP contribution is -2.48. The molecule has 134 valence electrons. The third-order valence-corrected chi connectivity index (χ3v) is 5.50. The molecule has 4 aromatic rings. The minimum absolute atomic E-state index is 0.131. The molecule has 0 bridgehead atoms. The number of amides is 1. The van der Waals surface area contributed by atoms with Crippen molar-refractivity contribution in [2.75, 3.05) is 31.1 Å². The van der Waals surface area contributed by atoms with Crippen LogP contribution in [0.4, 0.5) is 5.69 Å². The lowest BCUT2D eigenvalue weighted by atomic mass is 10.0. The largest absolute Gasteiger partial charge is 0.367 e. The molecule has 4 nitrogen and oxygen atoms in total. The molecule has 2 heterocycles. The predicted octanol–water partition coefficient (Wildman–Crippen LogP) is 4.28. The number of carbonyl (C=O) groups is 1. The lowest BCUT2D eigenvalue weighted by molar-refractivity contribution is 0.0749. The van der Waals surface area contributed by atoms with Gasteiger partial charge in [-0.15, -0.1) is 0 Å². The molecule has 1 aromatic heterocycles. The van der Waals surface area contributed by atoms with Crippen LogP contribution in [0.3, 0.4) is 0 Å². The summed E-state index contributed by atoms with van der Waals surface area (Å²) in [5.41, 5.74) is 3.20. The van der Waals surface area contributed by atoms with Gasteiger partial charge in [0.2, 0.25) is 0 Å². The standard InChI is InChI=1S/C23H21N3O/c27-23(19-8-3-6-17-5-1-2-7-18(17)19)26-15-13-25(14-16-26)22-10-4-9-21-20(22)11-12-24-21/h1-12,24H,13-16H2. The molecule has 5 rings (SSSR count). The monoisotopic (exact) mass is 355 g/mol. The van der Waals surface area contributed by atoms with Gasteiger partial charge >= 0.3 is 0 Å². The summed E-state index contributed by atoms with van der Waals surface area (Å²) in [4.78, 5) is 20.8. The van der Waals surface area contributed by atoms with E-state index in [2.05, 4.69) is 46.3 Å². The highest BCUT2D eigenvalue weighted by Crippen LogP contribution is 2.27. The topological polar surface area (TPSA) is 39.3 Å². The van der Waals surface area contributed by atoms with Gasteiger partial charge in [0, 0.05) is 54.5 Å². The lowest BCUT2D eigenvalue weighted by Gasteiger charge is -2.36. The maximum atomic E-state index is 13.1. The summed E-state index contributed by atoms with van der Waals surface area (Å²) in [7, 11) is 0. The van der Waals surface area contributed by atoms with E-state index in [0.717, 1.165) is 48.0 Å². The molecule has 1 saturated heterocycles. The van der Waals surface area contributed by atoms with Gasteiger partial charge in [0.15, 0.2) is 0 Å². The van der Waals surface area contributed by atoms with E-state index < -0.39 is 0 Å². The first-order valence-corrected chi connectivity index (χ1v) is 9.39. The number of aromatic nitrogens is 1. The number of carbonyl (C=O) groups excluding carboxylic acids is 1. The number of nitrogens with zero attached hydrogens (tertiary/aromatic N) is 2. The zero-order valence-corrected chi connectivity index (χ0v) is 15.1. The van der Waals surface area contributed by atoms with Crippen molar-refractivity contribution in [2.45, 2.75) is 0 Å². The highest BCUT2D eigenvalue weighted by atomic mass is 16.2. The zero-order chi connectivity index (χ0) is 18.2. The first kappa shape index (κ1) is 15.9. The second-order valence-corrected chi connectivity index (χ2v) is 7.02. The van der Waals surface area contributed by atoms with Crippen LogP contribution in [0.25, 0.3) is 21.7 Å². The SMILES string of the molecule is O=C(c1cccc2ccccc12)N1CCN(c2cccc3[nH]ccc23)CC1. The number of aromatic amines is 1. The van der Waals surface area contributed by atoms with E-state index in [-0.39, 0.29) is 5.91 Å². The average molecular weight is 355 g/mol. The van der Waals surface area contributed by atoms with E-state index in [0.29, 0.717) is 0 Å². The van der Waals surface area contributed by atoms with Crippen LogP contribution in [0.1, 0.15) is 10.4 Å². The van der Waals surface area contributed by atoms with Gasteiger partial charge in [-0.05, 0) is 35.0 Å². The van der Waals surface area contributed by atoms with Crippen molar-refractivity contribution < 1.29 is 4.79 Å². The van der Waals surface area contributed by atoms with Crippen LogP contribution < -0.4 is 4.90 Å². The molecular weight excluding hydrogens is 334 g/mol. The Kier molecular flexibility index (Phi) is 3.82. The third-order valence-electron chi connectivity index (χ3n) is 5.50. The van der Waals surface area contributed by atoms with Gasteiger partial charge in [-0.2, -0.15) is 0 Å². The van der Waals surface area contributed by atoms with E-state index in [4.69, 9.17) is 0 Å². The summed E-state index contributed by atoms with van der Waals surface area (Å²) in [6, 6.07) is 22.5. The highest BCUT2D eigenvalue weighted by Gasteiger charge is 2.24. The number of anilines is 1. The molecule has 1 aliphatic rings. The Balaban J connectivity index is 1.37. The maximum Gasteiger partial charge on any atom is 0.254 e. The molecule has 0 spiro atoms. The van der Waals surface area contributed by atoms with E-state index in [1.807, 2.05) is 41.4 Å². The number of piperazine rings is 1. The van der Waals surface area contributed by atoms with Crippen LogP contribution in [0.2, 0.25) is 0 Å². The van der Waals surface area contributed by atoms with Crippen LogP contribution in [0.15, 0.2) is 72.9 Å². The summed E-state index contributed by atoms with van der Waals surface area (Å²) >= 11 is 0. The Bertz CT molecular complexity index is 1120. The quantitative estimate of drug-likeness (QED) is 0.583. The number of nitrogens with one attached hydrogen (secondary N) is 1. The molecule has 1 N–H and O–H groups in total. The number of rotatable bonds is 2. The number of fused-ring (bicyclic) bond motifs is 2. The van der Waals surface area contributed by atoms with Crippen molar-refractivity contribution in [1.82, 2.24) is 9.88 Å². The van der Waals surface area contributed by atoms with Crippen LogP contribution in [0, 0.1) is 0 Å². The molecule has 1 aliphatic heterocycles. The molecule has 4 heteroatoms. The van der Waals surface area contributed by atoms with E-state index in [9.17, 15) is 4.79 Å². The van der Waals surface area contributed by atoms with Gasteiger partial charge in [0.1, 0.15) is 0 Å². The number of hydrogen-bond donors (Lipinski definition) is 1. The van der Waals surface area contributed by atoms with Crippen LogP contribution in [0.5, 0.6) is 0 Å². The average Bonchev–Trinajstić information content (AvgIpc) is 3.22. The summed E-state index contributed by atoms with van der Waals surface area (Å²) < 4.78 is 0. The minimum atomic E-state index is 0.131. The Morgan fingerprint density at radius 1 is 0.778 bits per heavy atom. The van der Waals surface area contributed by atoms with Crippen molar-refractivity contribution in [3.8, 4) is 0 Å². The first-order chi connectivity index (χ1) is 13.3. The van der Waals surface area contributed by atoms with E-state index in [1.54, 1.807) is 0 Å². The Labute approximate surface area is 158 Å². The van der Waals surface area contributed by atoms with Crippen molar-refractivity contribution in [3.05, 3.63) is 78.5 Å². The highest BCUT2D eigenvalue weighted by molar-refractivity contribution is 6.07. The van der Waals surface area contributed by atoms with Crippen molar-refractivity contribution in [2.24, 2.45) is 0 Å². The maximum absolute atomic E-state index is 13.1. The van der Waals surface area contributed by atoms with E-state index in [1.165, 1.54) is 11.1 Å². The Morgan fingerprint density at radius 2 is 1.56 bits per heavy atom. The Morgan fingerprint density at radius 3 is 2.44 bits per heavy atom. The smallest absolute Gasteiger partial charge is 0.254 e.